The fourth-order valence-electron chi connectivity index (χ4n) is 4.85. The van der Waals surface area contributed by atoms with Crippen LogP contribution in [-0.4, -0.2) is 21.6 Å². The third-order valence-corrected chi connectivity index (χ3v) is 6.52. The molecular weight excluding hydrogens is 653 g/mol. The molecule has 0 unspecified atom stereocenters. The molecule has 7 rings (SSSR count). The average Bonchev–Trinajstić information content (AvgIpc) is 3.44. The van der Waals surface area contributed by atoms with Crippen molar-refractivity contribution < 1.29 is 25.8 Å². The maximum Gasteiger partial charge on any atom is 4.00 e. The molecule has 0 N–H and O–H groups in total. The molecule has 6 aromatic rings. The first kappa shape index (κ1) is 24.2. The number of hydrogen-bond donors (Lipinski definition) is 0. The van der Waals surface area contributed by atoms with Gasteiger partial charge in [-0.1, -0.05) is 34.8 Å². The topological polar surface area (TPSA) is 46.4 Å². The van der Waals surface area contributed by atoms with E-state index in [9.17, 15) is 0 Å². The zero-order valence-corrected chi connectivity index (χ0v) is 22.7. The summed E-state index contributed by atoms with van der Waals surface area (Å²) < 4.78 is 8.57. The molecule has 186 valence electrons. The summed E-state index contributed by atoms with van der Waals surface area (Å²) >= 11 is 0. The third-order valence-electron chi connectivity index (χ3n) is 6.52. The Morgan fingerprint density at radius 2 is 1.68 bits per heavy atom. The van der Waals surface area contributed by atoms with Crippen molar-refractivity contribution in [2.75, 3.05) is 16.8 Å². The zero-order chi connectivity index (χ0) is 24.8. The maximum absolute atomic E-state index is 6.26. The summed E-state index contributed by atoms with van der Waals surface area (Å²) in [4.78, 5) is 12.8. The van der Waals surface area contributed by atoms with Gasteiger partial charge in [-0.3, -0.25) is 0 Å². The van der Waals surface area contributed by atoms with Gasteiger partial charge in [0.1, 0.15) is 11.6 Å². The number of para-hydroxylation sites is 1. The molecule has 1 aliphatic rings. The van der Waals surface area contributed by atoms with E-state index in [2.05, 4.69) is 69.1 Å². The van der Waals surface area contributed by atoms with Gasteiger partial charge in [0.25, 0.3) is 0 Å². The van der Waals surface area contributed by atoms with E-state index in [4.69, 9.17) is 4.74 Å². The van der Waals surface area contributed by atoms with E-state index in [1.54, 1.807) is 12.4 Å². The van der Waals surface area contributed by atoms with Crippen LogP contribution in [0.3, 0.4) is 0 Å². The van der Waals surface area contributed by atoms with Crippen LogP contribution in [0.5, 0.6) is 11.5 Å². The van der Waals surface area contributed by atoms with Crippen molar-refractivity contribution in [1.29, 1.82) is 0 Å². The number of fused-ring (bicyclic) bond motifs is 4. The Kier molecular flexibility index (Phi) is 6.34. The Hall–Kier alpha value is -4.15. The molecule has 6 nitrogen and oxygen atoms in total. The predicted octanol–water partition coefficient (Wildman–Crippen LogP) is 6.53. The van der Waals surface area contributed by atoms with Crippen molar-refractivity contribution in [3.05, 3.63) is 122 Å². The maximum atomic E-state index is 6.26. The average molecular weight is 675 g/mol. The van der Waals surface area contributed by atoms with Crippen LogP contribution < -0.4 is 14.5 Å². The fourth-order valence-corrected chi connectivity index (χ4v) is 4.85. The van der Waals surface area contributed by atoms with Crippen LogP contribution in [0.25, 0.3) is 21.8 Å². The molecule has 0 spiro atoms. The van der Waals surface area contributed by atoms with E-state index in [-0.39, 0.29) is 21.1 Å². The SMILES string of the molecule is CN1[CH-]N(c2[c-]c(Oc3[c-]cc4c(c3)c3ccccc3n4Cc3[c-]cccc3)ccc2)c2nccnc21.[Pt+4]. The molecule has 7 heteroatoms. The number of hydrogen-bond acceptors (Lipinski definition) is 5. The summed E-state index contributed by atoms with van der Waals surface area (Å²) in [5.74, 6) is 2.79. The van der Waals surface area contributed by atoms with Crippen molar-refractivity contribution in [2.45, 2.75) is 6.54 Å². The minimum Gasteiger partial charge on any atom is -0.509 e. The fraction of sp³-hybridized carbons (Fsp3) is 0.0645. The second-order valence-electron chi connectivity index (χ2n) is 8.89. The molecule has 2 aromatic heterocycles. The van der Waals surface area contributed by atoms with E-state index in [1.165, 1.54) is 10.9 Å². The first-order valence-electron chi connectivity index (χ1n) is 12.0. The number of aromatic nitrogens is 3. The molecule has 0 amide bonds. The molecule has 0 atom stereocenters. The Balaban J connectivity index is 0.00000264. The van der Waals surface area contributed by atoms with Gasteiger partial charge in [-0.05, 0) is 18.5 Å². The third kappa shape index (κ3) is 4.21. The van der Waals surface area contributed by atoms with Gasteiger partial charge in [-0.25, -0.2) is 9.97 Å². The second kappa shape index (κ2) is 9.96. The quantitative estimate of drug-likeness (QED) is 0.195. The van der Waals surface area contributed by atoms with Crippen LogP contribution in [0.2, 0.25) is 0 Å². The van der Waals surface area contributed by atoms with Crippen LogP contribution in [0.15, 0.2) is 91.3 Å². The van der Waals surface area contributed by atoms with Crippen molar-refractivity contribution in [1.82, 2.24) is 14.5 Å². The minimum absolute atomic E-state index is 0. The molecule has 0 saturated carbocycles. The van der Waals surface area contributed by atoms with Crippen LogP contribution in [0.4, 0.5) is 17.3 Å². The number of ether oxygens (including phenoxy) is 1. The Bertz CT molecular complexity index is 1750. The smallest absolute Gasteiger partial charge is 0.509 e. The molecule has 0 fully saturated rings. The zero-order valence-electron chi connectivity index (χ0n) is 20.4. The monoisotopic (exact) mass is 674 g/mol. The summed E-state index contributed by atoms with van der Waals surface area (Å²) in [5, 5.41) is 2.30. The van der Waals surface area contributed by atoms with Crippen molar-refractivity contribution >= 4 is 39.1 Å². The van der Waals surface area contributed by atoms with Gasteiger partial charge in [0.2, 0.25) is 0 Å². The summed E-state index contributed by atoms with van der Waals surface area (Å²) in [6, 6.07) is 36.5. The van der Waals surface area contributed by atoms with Gasteiger partial charge in [0, 0.05) is 36.0 Å². The van der Waals surface area contributed by atoms with Gasteiger partial charge >= 0.3 is 21.1 Å². The van der Waals surface area contributed by atoms with Gasteiger partial charge in [0.05, 0.1) is 0 Å². The van der Waals surface area contributed by atoms with Gasteiger partial charge in [-0.15, -0.1) is 48.6 Å². The number of nitrogens with zero attached hydrogens (tertiary/aromatic N) is 5. The molecule has 0 radical (unpaired) electrons. The number of anilines is 3. The van der Waals surface area contributed by atoms with E-state index >= 15 is 0 Å². The van der Waals surface area contributed by atoms with Gasteiger partial charge < -0.3 is 19.1 Å². The first-order valence-corrected chi connectivity index (χ1v) is 12.0. The molecule has 0 saturated heterocycles. The molecule has 38 heavy (non-hydrogen) atoms. The van der Waals surface area contributed by atoms with E-state index in [0.717, 1.165) is 40.3 Å². The van der Waals surface area contributed by atoms with Crippen LogP contribution in [0, 0.1) is 24.9 Å². The van der Waals surface area contributed by atoms with Gasteiger partial charge in [0.15, 0.2) is 0 Å². The van der Waals surface area contributed by atoms with Crippen molar-refractivity contribution in [3.8, 4) is 11.5 Å². The van der Waals surface area contributed by atoms with Crippen molar-refractivity contribution in [2.24, 2.45) is 0 Å². The number of benzene rings is 4. The Labute approximate surface area is 235 Å². The second-order valence-corrected chi connectivity index (χ2v) is 8.89. The largest absolute Gasteiger partial charge is 4.00 e. The summed E-state index contributed by atoms with van der Waals surface area (Å²) in [5.41, 5.74) is 4.23. The molecular formula is C31H21N5OPt. The Morgan fingerprint density at radius 3 is 2.55 bits per heavy atom. The van der Waals surface area contributed by atoms with Crippen LogP contribution >= 0.6 is 0 Å². The van der Waals surface area contributed by atoms with E-state index in [1.807, 2.05) is 66.0 Å². The number of rotatable bonds is 5. The first-order chi connectivity index (χ1) is 18.2. The predicted molar refractivity (Wildman–Crippen MR) is 145 cm³/mol. The van der Waals surface area contributed by atoms with E-state index < -0.39 is 0 Å². The molecule has 4 aromatic carbocycles. The van der Waals surface area contributed by atoms with Crippen LogP contribution in [0.1, 0.15) is 5.56 Å². The minimum atomic E-state index is 0. The van der Waals surface area contributed by atoms with Crippen molar-refractivity contribution in [3.63, 3.8) is 0 Å². The van der Waals surface area contributed by atoms with Gasteiger partial charge in [-0.2, -0.15) is 36.4 Å². The van der Waals surface area contributed by atoms with E-state index in [0.29, 0.717) is 11.5 Å². The molecule has 0 aliphatic carbocycles. The Morgan fingerprint density at radius 1 is 0.842 bits per heavy atom. The van der Waals surface area contributed by atoms with Crippen LogP contribution in [-0.2, 0) is 27.6 Å². The summed E-state index contributed by atoms with van der Waals surface area (Å²) in [6.07, 6.45) is 3.38. The molecule has 3 heterocycles. The normalized spacial score (nSPS) is 12.6. The summed E-state index contributed by atoms with van der Waals surface area (Å²) in [6.45, 7) is 2.68. The standard InChI is InChI=1S/C31H21N5O.Pt/c1-34-21-36(31-30(34)32-16-17-33-31)23-10-7-11-24(18-23)37-25-14-15-29-27(19-25)26-12-5-6-13-28(26)35(29)20-22-8-3-2-4-9-22;/h2-8,10-13,15-17,19,21H,20H2,1H3;/q-4;+4. The summed E-state index contributed by atoms with van der Waals surface area (Å²) in [7, 11) is 1.95. The molecule has 1 aliphatic heterocycles. The molecule has 0 bridgehead atoms.